The third-order valence-corrected chi connectivity index (χ3v) is 6.96. The van der Waals surface area contributed by atoms with E-state index in [0.717, 1.165) is 66.6 Å². The van der Waals surface area contributed by atoms with E-state index in [0.29, 0.717) is 11.2 Å². The van der Waals surface area contributed by atoms with Crippen molar-refractivity contribution in [1.82, 2.24) is 20.3 Å². The molecule has 3 aromatic heterocycles. The first-order valence-electron chi connectivity index (χ1n) is 11.6. The number of rotatable bonds is 4. The first-order valence-corrected chi connectivity index (χ1v) is 12.0. The van der Waals surface area contributed by atoms with E-state index in [-0.39, 0.29) is 11.8 Å². The summed E-state index contributed by atoms with van der Waals surface area (Å²) in [6, 6.07) is 8.18. The summed E-state index contributed by atoms with van der Waals surface area (Å²) >= 11 is 6.12. The molecule has 2 fully saturated rings. The predicted molar refractivity (Wildman–Crippen MR) is 128 cm³/mol. The van der Waals surface area contributed by atoms with E-state index >= 15 is 0 Å². The summed E-state index contributed by atoms with van der Waals surface area (Å²) in [5.74, 6) is 1.26. The molecule has 0 aromatic carbocycles. The van der Waals surface area contributed by atoms with E-state index in [9.17, 15) is 4.79 Å². The van der Waals surface area contributed by atoms with Gasteiger partial charge in [-0.25, -0.2) is 9.97 Å². The molecule has 0 bridgehead atoms. The second-order valence-corrected chi connectivity index (χ2v) is 9.29. The Morgan fingerprint density at radius 2 is 1.84 bits per heavy atom. The lowest BCUT2D eigenvalue weighted by atomic mass is 9.92. The normalized spacial score (nSPS) is 18.1. The molecule has 1 aliphatic carbocycles. The third-order valence-electron chi connectivity index (χ3n) is 6.75. The maximum atomic E-state index is 12.8. The van der Waals surface area contributed by atoms with Crippen LogP contribution in [0, 0.1) is 5.92 Å². The number of fused-ring (bicyclic) bond motifs is 1. The van der Waals surface area contributed by atoms with Crippen molar-refractivity contribution in [2.24, 2.45) is 5.92 Å². The Bertz CT molecular complexity index is 1110. The molecule has 6 nitrogen and oxygen atoms in total. The van der Waals surface area contributed by atoms with Gasteiger partial charge in [0.1, 0.15) is 11.0 Å². The summed E-state index contributed by atoms with van der Waals surface area (Å²) in [7, 11) is 0. The number of nitrogens with one attached hydrogen (secondary N) is 1. The molecule has 1 saturated heterocycles. The smallest absolute Gasteiger partial charge is 0.223 e. The standard InChI is InChI=1S/C25H28ClN5O/c26-23-15-18(6-11-28-23)22-14-19-16-27-10-7-21(19)24(30-22)31-12-8-17(9-13-31)25(32)29-20-4-2-1-3-5-20/h6-7,10-11,14-17,20H,1-5,8-9,12-13H2,(H,29,32). The molecule has 1 amide bonds. The second kappa shape index (κ2) is 9.41. The van der Waals surface area contributed by atoms with E-state index in [1.54, 1.807) is 12.4 Å². The molecule has 4 heterocycles. The molecule has 1 N–H and O–H groups in total. The van der Waals surface area contributed by atoms with Gasteiger partial charge in [0.15, 0.2) is 0 Å². The Morgan fingerprint density at radius 1 is 1.03 bits per heavy atom. The number of nitrogens with zero attached hydrogens (tertiary/aromatic N) is 4. The molecule has 0 radical (unpaired) electrons. The first kappa shape index (κ1) is 21.1. The van der Waals surface area contributed by atoms with Gasteiger partial charge >= 0.3 is 0 Å². The van der Waals surface area contributed by atoms with Gasteiger partial charge in [-0.15, -0.1) is 0 Å². The van der Waals surface area contributed by atoms with Crippen molar-refractivity contribution >= 4 is 34.1 Å². The number of hydrogen-bond acceptors (Lipinski definition) is 5. The molecule has 0 spiro atoms. The SMILES string of the molecule is O=C(NC1CCCCC1)C1CCN(c2nc(-c3ccnc(Cl)c3)cc3cnccc23)CC1. The molecule has 1 aliphatic heterocycles. The van der Waals surface area contributed by atoms with Crippen LogP contribution < -0.4 is 10.2 Å². The lowest BCUT2D eigenvalue weighted by Crippen LogP contribution is -2.44. The number of halogens is 1. The Kier molecular flexibility index (Phi) is 6.21. The Hall–Kier alpha value is -2.73. The Morgan fingerprint density at radius 3 is 2.62 bits per heavy atom. The lowest BCUT2D eigenvalue weighted by molar-refractivity contribution is -0.126. The van der Waals surface area contributed by atoms with Gasteiger partial charge in [0.25, 0.3) is 0 Å². The first-order chi connectivity index (χ1) is 15.7. The van der Waals surface area contributed by atoms with Gasteiger partial charge in [-0.2, -0.15) is 0 Å². The summed E-state index contributed by atoms with van der Waals surface area (Å²) in [6.07, 6.45) is 13.1. The zero-order valence-electron chi connectivity index (χ0n) is 18.1. The Balaban J connectivity index is 1.35. The van der Waals surface area contributed by atoms with Crippen LogP contribution in [0.5, 0.6) is 0 Å². The Labute approximate surface area is 193 Å². The molecular formula is C25H28ClN5O. The molecule has 3 aromatic rings. The van der Waals surface area contributed by atoms with Gasteiger partial charge in [-0.3, -0.25) is 9.78 Å². The van der Waals surface area contributed by atoms with Gasteiger partial charge in [0.05, 0.1) is 5.69 Å². The number of aromatic nitrogens is 3. The van der Waals surface area contributed by atoms with Gasteiger partial charge < -0.3 is 10.2 Å². The van der Waals surface area contributed by atoms with Crippen LogP contribution in [0.15, 0.2) is 42.9 Å². The van der Waals surface area contributed by atoms with E-state index < -0.39 is 0 Å². The highest BCUT2D eigenvalue weighted by molar-refractivity contribution is 6.29. The van der Waals surface area contributed by atoms with Crippen molar-refractivity contribution in [1.29, 1.82) is 0 Å². The van der Waals surface area contributed by atoms with Crippen LogP contribution in [0.25, 0.3) is 22.0 Å². The van der Waals surface area contributed by atoms with E-state index in [1.807, 2.05) is 30.5 Å². The highest BCUT2D eigenvalue weighted by atomic mass is 35.5. The van der Waals surface area contributed by atoms with Crippen LogP contribution in [0.2, 0.25) is 5.15 Å². The fraction of sp³-hybridized carbons (Fsp3) is 0.440. The number of carbonyl (C=O) groups is 1. The largest absolute Gasteiger partial charge is 0.356 e. The van der Waals surface area contributed by atoms with Crippen molar-refractivity contribution in [3.8, 4) is 11.3 Å². The molecule has 0 atom stereocenters. The molecule has 5 rings (SSSR count). The minimum atomic E-state index is 0.0864. The third kappa shape index (κ3) is 4.56. The van der Waals surface area contributed by atoms with Crippen molar-refractivity contribution in [2.45, 2.75) is 51.0 Å². The molecule has 2 aliphatic rings. The van der Waals surface area contributed by atoms with Gasteiger partial charge in [0, 0.05) is 60.0 Å². The summed E-state index contributed by atoms with van der Waals surface area (Å²) in [6.45, 7) is 1.63. The van der Waals surface area contributed by atoms with Gasteiger partial charge in [-0.05, 0) is 49.9 Å². The average molecular weight is 450 g/mol. The maximum absolute atomic E-state index is 12.8. The minimum Gasteiger partial charge on any atom is -0.356 e. The summed E-state index contributed by atoms with van der Waals surface area (Å²) in [4.78, 5) is 28.5. The quantitative estimate of drug-likeness (QED) is 0.567. The van der Waals surface area contributed by atoms with Crippen LogP contribution in [-0.2, 0) is 4.79 Å². The van der Waals surface area contributed by atoms with Crippen molar-refractivity contribution in [3.05, 3.63) is 48.0 Å². The van der Waals surface area contributed by atoms with Gasteiger partial charge in [-0.1, -0.05) is 30.9 Å². The van der Waals surface area contributed by atoms with Crippen LogP contribution in [0.3, 0.4) is 0 Å². The number of amides is 1. The fourth-order valence-corrected chi connectivity index (χ4v) is 5.12. The van der Waals surface area contributed by atoms with Crippen LogP contribution in [-0.4, -0.2) is 40.0 Å². The highest BCUT2D eigenvalue weighted by Crippen LogP contribution is 2.32. The summed E-state index contributed by atoms with van der Waals surface area (Å²) < 4.78 is 0. The van der Waals surface area contributed by atoms with Crippen LogP contribution in [0.1, 0.15) is 44.9 Å². The molecule has 1 saturated carbocycles. The van der Waals surface area contributed by atoms with Crippen molar-refractivity contribution < 1.29 is 4.79 Å². The van der Waals surface area contributed by atoms with Gasteiger partial charge in [0.2, 0.25) is 5.91 Å². The zero-order chi connectivity index (χ0) is 21.9. The predicted octanol–water partition coefficient (Wildman–Crippen LogP) is 5.01. The number of pyridine rings is 3. The van der Waals surface area contributed by atoms with Crippen molar-refractivity contribution in [2.75, 3.05) is 18.0 Å². The lowest BCUT2D eigenvalue weighted by Gasteiger charge is -2.34. The molecule has 166 valence electrons. The second-order valence-electron chi connectivity index (χ2n) is 8.90. The number of piperidine rings is 1. The highest BCUT2D eigenvalue weighted by Gasteiger charge is 2.28. The topological polar surface area (TPSA) is 71.0 Å². The summed E-state index contributed by atoms with van der Waals surface area (Å²) in [5, 5.41) is 5.87. The van der Waals surface area contributed by atoms with Crippen LogP contribution >= 0.6 is 11.6 Å². The number of hydrogen-bond donors (Lipinski definition) is 1. The number of anilines is 1. The summed E-state index contributed by atoms with van der Waals surface area (Å²) in [5.41, 5.74) is 1.78. The number of carbonyl (C=O) groups excluding carboxylic acids is 1. The molecular weight excluding hydrogens is 422 g/mol. The van der Waals surface area contributed by atoms with Crippen LogP contribution in [0.4, 0.5) is 5.82 Å². The van der Waals surface area contributed by atoms with E-state index in [2.05, 4.69) is 20.2 Å². The maximum Gasteiger partial charge on any atom is 0.223 e. The molecule has 7 heteroatoms. The van der Waals surface area contributed by atoms with Crippen molar-refractivity contribution in [3.63, 3.8) is 0 Å². The monoisotopic (exact) mass is 449 g/mol. The fourth-order valence-electron chi connectivity index (χ4n) is 4.95. The molecule has 0 unspecified atom stereocenters. The van der Waals surface area contributed by atoms with E-state index in [1.165, 1.54) is 19.3 Å². The van der Waals surface area contributed by atoms with E-state index in [4.69, 9.17) is 16.6 Å². The average Bonchev–Trinajstić information content (AvgIpc) is 2.84. The molecule has 32 heavy (non-hydrogen) atoms. The minimum absolute atomic E-state index is 0.0864. The zero-order valence-corrected chi connectivity index (χ0v) is 18.9.